The van der Waals surface area contributed by atoms with E-state index in [1.54, 1.807) is 14.2 Å². The van der Waals surface area contributed by atoms with Gasteiger partial charge in [-0.3, -0.25) is 0 Å². The minimum absolute atomic E-state index is 0.207. The molecule has 1 unspecified atom stereocenters. The number of rotatable bonds is 9. The Hall–Kier alpha value is -1.26. The van der Waals surface area contributed by atoms with Crippen LogP contribution in [0.3, 0.4) is 0 Å². The van der Waals surface area contributed by atoms with E-state index in [-0.39, 0.29) is 6.04 Å². The molecule has 0 heterocycles. The van der Waals surface area contributed by atoms with Gasteiger partial charge in [0.25, 0.3) is 0 Å². The molecule has 0 aromatic heterocycles. The fourth-order valence-corrected chi connectivity index (χ4v) is 1.95. The molecular formula is C16H27NO3. The van der Waals surface area contributed by atoms with Gasteiger partial charge < -0.3 is 19.5 Å². The zero-order valence-electron chi connectivity index (χ0n) is 13.2. The molecule has 114 valence electrons. The molecule has 4 heteroatoms. The van der Waals surface area contributed by atoms with Crippen LogP contribution in [0.25, 0.3) is 0 Å². The Balaban J connectivity index is 2.48. The van der Waals surface area contributed by atoms with Gasteiger partial charge in [0, 0.05) is 30.8 Å². The molecule has 0 amide bonds. The Morgan fingerprint density at radius 3 is 2.45 bits per heavy atom. The van der Waals surface area contributed by atoms with E-state index in [0.717, 1.165) is 36.8 Å². The molecule has 0 spiro atoms. The second-order valence-corrected chi connectivity index (χ2v) is 5.25. The summed E-state index contributed by atoms with van der Waals surface area (Å²) >= 11 is 0. The lowest BCUT2D eigenvalue weighted by Gasteiger charge is -2.18. The van der Waals surface area contributed by atoms with E-state index < -0.39 is 0 Å². The third-order valence-corrected chi connectivity index (χ3v) is 3.06. The highest BCUT2D eigenvalue weighted by molar-refractivity contribution is 5.42. The molecule has 0 fully saturated rings. The molecule has 0 aliphatic carbocycles. The maximum absolute atomic E-state index is 5.56. The van der Waals surface area contributed by atoms with Crippen molar-refractivity contribution in [3.8, 4) is 11.5 Å². The van der Waals surface area contributed by atoms with Gasteiger partial charge in [0.2, 0.25) is 0 Å². The van der Waals surface area contributed by atoms with Crippen molar-refractivity contribution in [3.05, 3.63) is 23.8 Å². The van der Waals surface area contributed by atoms with Crippen molar-refractivity contribution in [2.24, 2.45) is 5.92 Å². The topological polar surface area (TPSA) is 39.7 Å². The smallest absolute Gasteiger partial charge is 0.127 e. The Kier molecular flexibility index (Phi) is 7.41. The van der Waals surface area contributed by atoms with E-state index in [1.807, 2.05) is 18.2 Å². The molecule has 4 nitrogen and oxygen atoms in total. The minimum Gasteiger partial charge on any atom is -0.497 e. The molecule has 0 aliphatic heterocycles. The predicted octanol–water partition coefficient (Wildman–Crippen LogP) is 3.03. The van der Waals surface area contributed by atoms with Crippen molar-refractivity contribution < 1.29 is 14.2 Å². The van der Waals surface area contributed by atoms with E-state index in [0.29, 0.717) is 5.92 Å². The SMILES string of the molecule is COc1ccc(C(C)NCCOCC(C)C)c(OC)c1. The van der Waals surface area contributed by atoms with Gasteiger partial charge in [-0.05, 0) is 18.9 Å². The number of hydrogen-bond acceptors (Lipinski definition) is 4. The van der Waals surface area contributed by atoms with Gasteiger partial charge in [-0.15, -0.1) is 0 Å². The van der Waals surface area contributed by atoms with E-state index in [4.69, 9.17) is 14.2 Å². The summed E-state index contributed by atoms with van der Waals surface area (Å²) in [5.41, 5.74) is 1.12. The van der Waals surface area contributed by atoms with Crippen molar-refractivity contribution in [1.82, 2.24) is 5.32 Å². The van der Waals surface area contributed by atoms with Crippen LogP contribution in [0.5, 0.6) is 11.5 Å². The molecule has 1 rings (SSSR count). The van der Waals surface area contributed by atoms with Crippen LogP contribution in [0.2, 0.25) is 0 Å². The first-order chi connectivity index (χ1) is 9.58. The fraction of sp³-hybridized carbons (Fsp3) is 0.625. The van der Waals surface area contributed by atoms with Crippen molar-refractivity contribution in [2.45, 2.75) is 26.8 Å². The monoisotopic (exact) mass is 281 g/mol. The summed E-state index contributed by atoms with van der Waals surface area (Å²) in [5, 5.41) is 3.44. The zero-order chi connectivity index (χ0) is 15.0. The largest absolute Gasteiger partial charge is 0.497 e. The van der Waals surface area contributed by atoms with Gasteiger partial charge in [0.05, 0.1) is 20.8 Å². The fourth-order valence-electron chi connectivity index (χ4n) is 1.95. The highest BCUT2D eigenvalue weighted by atomic mass is 16.5. The lowest BCUT2D eigenvalue weighted by Crippen LogP contribution is -2.24. The van der Waals surface area contributed by atoms with Gasteiger partial charge in [-0.1, -0.05) is 19.9 Å². The lowest BCUT2D eigenvalue weighted by atomic mass is 10.1. The average molecular weight is 281 g/mol. The summed E-state index contributed by atoms with van der Waals surface area (Å²) in [6, 6.07) is 6.09. The van der Waals surface area contributed by atoms with Gasteiger partial charge in [-0.2, -0.15) is 0 Å². The van der Waals surface area contributed by atoms with Crippen molar-refractivity contribution >= 4 is 0 Å². The van der Waals surface area contributed by atoms with Crippen molar-refractivity contribution in [2.75, 3.05) is 34.0 Å². The minimum atomic E-state index is 0.207. The molecule has 0 bridgehead atoms. The highest BCUT2D eigenvalue weighted by Crippen LogP contribution is 2.29. The number of nitrogens with one attached hydrogen (secondary N) is 1. The average Bonchev–Trinajstić information content (AvgIpc) is 2.45. The first-order valence-corrected chi connectivity index (χ1v) is 7.11. The van der Waals surface area contributed by atoms with Crippen LogP contribution in [0, 0.1) is 5.92 Å². The first-order valence-electron chi connectivity index (χ1n) is 7.11. The molecule has 20 heavy (non-hydrogen) atoms. The summed E-state index contributed by atoms with van der Waals surface area (Å²) in [5.74, 6) is 2.22. The van der Waals surface area contributed by atoms with Crippen LogP contribution in [-0.4, -0.2) is 34.0 Å². The number of hydrogen-bond donors (Lipinski definition) is 1. The summed E-state index contributed by atoms with van der Waals surface area (Å²) < 4.78 is 16.2. The van der Waals surface area contributed by atoms with Crippen LogP contribution in [0.4, 0.5) is 0 Å². The van der Waals surface area contributed by atoms with Gasteiger partial charge in [-0.25, -0.2) is 0 Å². The lowest BCUT2D eigenvalue weighted by molar-refractivity contribution is 0.110. The molecule has 0 radical (unpaired) electrons. The quantitative estimate of drug-likeness (QED) is 0.706. The molecule has 1 N–H and O–H groups in total. The molecule has 1 aromatic carbocycles. The second-order valence-electron chi connectivity index (χ2n) is 5.25. The van der Waals surface area contributed by atoms with Crippen LogP contribution < -0.4 is 14.8 Å². The van der Waals surface area contributed by atoms with Crippen LogP contribution in [0.15, 0.2) is 18.2 Å². The molecular weight excluding hydrogens is 254 g/mol. The van der Waals surface area contributed by atoms with E-state index in [9.17, 15) is 0 Å². The second kappa shape index (κ2) is 8.82. The standard InChI is InChI=1S/C16H27NO3/c1-12(2)11-20-9-8-17-13(3)15-7-6-14(18-4)10-16(15)19-5/h6-7,10,12-13,17H,8-9,11H2,1-5H3. The summed E-state index contributed by atoms with van der Waals surface area (Å²) in [4.78, 5) is 0. The maximum Gasteiger partial charge on any atom is 0.127 e. The zero-order valence-corrected chi connectivity index (χ0v) is 13.2. The maximum atomic E-state index is 5.56. The summed E-state index contributed by atoms with van der Waals surface area (Å²) in [6.45, 7) is 8.77. The number of benzene rings is 1. The molecule has 0 saturated heterocycles. The Morgan fingerprint density at radius 2 is 1.85 bits per heavy atom. The molecule has 1 atom stereocenters. The summed E-state index contributed by atoms with van der Waals surface area (Å²) in [6.07, 6.45) is 0. The van der Waals surface area contributed by atoms with Crippen molar-refractivity contribution in [3.63, 3.8) is 0 Å². The normalized spacial score (nSPS) is 12.5. The molecule has 0 saturated carbocycles. The third-order valence-electron chi connectivity index (χ3n) is 3.06. The first kappa shape index (κ1) is 16.8. The third kappa shape index (κ3) is 5.39. The van der Waals surface area contributed by atoms with Crippen LogP contribution in [0.1, 0.15) is 32.4 Å². The van der Waals surface area contributed by atoms with Crippen LogP contribution >= 0.6 is 0 Å². The van der Waals surface area contributed by atoms with E-state index >= 15 is 0 Å². The van der Waals surface area contributed by atoms with E-state index in [2.05, 4.69) is 26.1 Å². The summed E-state index contributed by atoms with van der Waals surface area (Å²) in [7, 11) is 3.33. The Labute approximate surface area is 122 Å². The highest BCUT2D eigenvalue weighted by Gasteiger charge is 2.11. The number of ether oxygens (including phenoxy) is 3. The Morgan fingerprint density at radius 1 is 1.10 bits per heavy atom. The number of methoxy groups -OCH3 is 2. The van der Waals surface area contributed by atoms with Crippen LogP contribution in [-0.2, 0) is 4.74 Å². The van der Waals surface area contributed by atoms with Gasteiger partial charge in [0.15, 0.2) is 0 Å². The Bertz CT molecular complexity index is 393. The van der Waals surface area contributed by atoms with Gasteiger partial charge >= 0.3 is 0 Å². The predicted molar refractivity (Wildman–Crippen MR) is 81.6 cm³/mol. The van der Waals surface area contributed by atoms with E-state index in [1.165, 1.54) is 0 Å². The molecule has 0 aliphatic rings. The molecule has 1 aromatic rings. The van der Waals surface area contributed by atoms with Crippen molar-refractivity contribution in [1.29, 1.82) is 0 Å². The van der Waals surface area contributed by atoms with Gasteiger partial charge in [0.1, 0.15) is 11.5 Å².